The summed E-state index contributed by atoms with van der Waals surface area (Å²) < 4.78 is 18.3. The number of hydrogen-bond donors (Lipinski definition) is 1. The van der Waals surface area contributed by atoms with Gasteiger partial charge in [-0.3, -0.25) is 0 Å². The Bertz CT molecular complexity index is 1020. The molecule has 7 nitrogen and oxygen atoms in total. The standard InChI is InChI=1S/C23H24FN5O2/c1-31-20-8-2-17(3-9-20)15-25-23(30)29-12-10-28(11-13-29)22-14-21(26-16-27-22)18-4-6-19(24)7-5-18/h2-9,14,16H,10-13,15H2,1H3,(H,25,30). The molecule has 0 spiro atoms. The van der Waals surface area contributed by atoms with Gasteiger partial charge >= 0.3 is 6.03 Å². The molecular formula is C23H24FN5O2. The third kappa shape index (κ3) is 5.09. The molecule has 1 aliphatic heterocycles. The highest BCUT2D eigenvalue weighted by Crippen LogP contribution is 2.22. The summed E-state index contributed by atoms with van der Waals surface area (Å²) >= 11 is 0. The van der Waals surface area contributed by atoms with Gasteiger partial charge < -0.3 is 19.9 Å². The van der Waals surface area contributed by atoms with Crippen LogP contribution in [0, 0.1) is 5.82 Å². The maximum absolute atomic E-state index is 13.2. The fourth-order valence-corrected chi connectivity index (χ4v) is 3.47. The third-order valence-electron chi connectivity index (χ3n) is 5.29. The number of carbonyl (C=O) groups excluding carboxylic acids is 1. The van der Waals surface area contributed by atoms with Crippen LogP contribution in [0.2, 0.25) is 0 Å². The molecule has 1 N–H and O–H groups in total. The lowest BCUT2D eigenvalue weighted by atomic mass is 10.1. The Morgan fingerprint density at radius 2 is 1.74 bits per heavy atom. The molecule has 1 aromatic heterocycles. The summed E-state index contributed by atoms with van der Waals surface area (Å²) in [6.07, 6.45) is 1.52. The molecule has 1 aliphatic rings. The SMILES string of the molecule is COc1ccc(CNC(=O)N2CCN(c3cc(-c4ccc(F)cc4)ncn3)CC2)cc1. The van der Waals surface area contributed by atoms with E-state index in [4.69, 9.17) is 4.74 Å². The molecule has 2 heterocycles. The van der Waals surface area contributed by atoms with Gasteiger partial charge in [0, 0.05) is 44.4 Å². The van der Waals surface area contributed by atoms with Gasteiger partial charge in [0.15, 0.2) is 0 Å². The predicted molar refractivity (Wildman–Crippen MR) is 116 cm³/mol. The Hall–Kier alpha value is -3.68. The van der Waals surface area contributed by atoms with E-state index >= 15 is 0 Å². The van der Waals surface area contributed by atoms with Crippen molar-refractivity contribution in [2.75, 3.05) is 38.2 Å². The summed E-state index contributed by atoms with van der Waals surface area (Å²) in [6.45, 7) is 3.02. The first-order valence-corrected chi connectivity index (χ1v) is 10.1. The van der Waals surface area contributed by atoms with E-state index < -0.39 is 0 Å². The Morgan fingerprint density at radius 1 is 1.03 bits per heavy atom. The van der Waals surface area contributed by atoms with Crippen LogP contribution >= 0.6 is 0 Å². The fraction of sp³-hybridized carbons (Fsp3) is 0.261. The van der Waals surface area contributed by atoms with Gasteiger partial charge in [-0.1, -0.05) is 12.1 Å². The highest BCUT2D eigenvalue weighted by atomic mass is 19.1. The largest absolute Gasteiger partial charge is 0.497 e. The van der Waals surface area contributed by atoms with Crippen LogP contribution in [0.15, 0.2) is 60.9 Å². The molecule has 4 rings (SSSR count). The van der Waals surface area contributed by atoms with Crippen LogP contribution in [-0.2, 0) is 6.54 Å². The van der Waals surface area contributed by atoms with E-state index in [0.717, 1.165) is 28.4 Å². The van der Waals surface area contributed by atoms with Crippen LogP contribution in [0.1, 0.15) is 5.56 Å². The van der Waals surface area contributed by atoms with Crippen molar-refractivity contribution < 1.29 is 13.9 Å². The third-order valence-corrected chi connectivity index (χ3v) is 5.29. The number of amides is 2. The molecule has 31 heavy (non-hydrogen) atoms. The van der Waals surface area contributed by atoms with Crippen molar-refractivity contribution in [3.63, 3.8) is 0 Å². The molecule has 3 aromatic rings. The van der Waals surface area contributed by atoms with Gasteiger partial charge in [-0.25, -0.2) is 19.2 Å². The molecule has 0 saturated carbocycles. The number of urea groups is 1. The van der Waals surface area contributed by atoms with Crippen LogP contribution in [0.25, 0.3) is 11.3 Å². The van der Waals surface area contributed by atoms with Crippen LogP contribution in [0.3, 0.4) is 0 Å². The summed E-state index contributed by atoms with van der Waals surface area (Å²) in [7, 11) is 1.63. The van der Waals surface area contributed by atoms with Crippen molar-refractivity contribution in [1.82, 2.24) is 20.2 Å². The van der Waals surface area contributed by atoms with Crippen molar-refractivity contribution in [1.29, 1.82) is 0 Å². The van der Waals surface area contributed by atoms with Crippen molar-refractivity contribution in [3.8, 4) is 17.0 Å². The van der Waals surface area contributed by atoms with E-state index in [1.807, 2.05) is 35.2 Å². The first-order chi connectivity index (χ1) is 15.1. The predicted octanol–water partition coefficient (Wildman–Crippen LogP) is 3.32. The zero-order valence-corrected chi connectivity index (χ0v) is 17.3. The number of ether oxygens (including phenoxy) is 1. The van der Waals surface area contributed by atoms with Crippen LogP contribution in [0.5, 0.6) is 5.75 Å². The number of aromatic nitrogens is 2. The van der Waals surface area contributed by atoms with Gasteiger partial charge in [0.25, 0.3) is 0 Å². The number of benzene rings is 2. The minimum Gasteiger partial charge on any atom is -0.497 e. The number of rotatable bonds is 5. The number of anilines is 1. The number of nitrogens with zero attached hydrogens (tertiary/aromatic N) is 4. The van der Waals surface area contributed by atoms with E-state index in [9.17, 15) is 9.18 Å². The van der Waals surface area contributed by atoms with Crippen LogP contribution < -0.4 is 15.0 Å². The van der Waals surface area contributed by atoms with Crippen molar-refractivity contribution in [3.05, 3.63) is 72.3 Å². The molecule has 1 fully saturated rings. The first kappa shape index (κ1) is 20.6. The minimum atomic E-state index is -0.278. The Labute approximate surface area is 180 Å². The highest BCUT2D eigenvalue weighted by Gasteiger charge is 2.22. The van der Waals surface area contributed by atoms with Crippen LogP contribution in [-0.4, -0.2) is 54.2 Å². The van der Waals surface area contributed by atoms with Crippen molar-refractivity contribution in [2.45, 2.75) is 6.54 Å². The quantitative estimate of drug-likeness (QED) is 0.684. The first-order valence-electron chi connectivity index (χ1n) is 10.1. The van der Waals surface area contributed by atoms with Crippen molar-refractivity contribution in [2.24, 2.45) is 0 Å². The normalized spacial score (nSPS) is 13.7. The Balaban J connectivity index is 1.31. The summed E-state index contributed by atoms with van der Waals surface area (Å²) in [5.74, 6) is 1.31. The smallest absolute Gasteiger partial charge is 0.317 e. The van der Waals surface area contributed by atoms with Gasteiger partial charge in [-0.05, 0) is 42.0 Å². The van der Waals surface area contributed by atoms with E-state index in [-0.39, 0.29) is 11.8 Å². The average Bonchev–Trinajstić information content (AvgIpc) is 2.83. The topological polar surface area (TPSA) is 70.6 Å². The molecule has 2 aromatic carbocycles. The Kier molecular flexibility index (Phi) is 6.26. The molecule has 1 saturated heterocycles. The lowest BCUT2D eigenvalue weighted by molar-refractivity contribution is 0.194. The molecule has 0 radical (unpaired) electrons. The zero-order valence-electron chi connectivity index (χ0n) is 17.3. The Morgan fingerprint density at radius 3 is 2.42 bits per heavy atom. The van der Waals surface area contributed by atoms with Crippen LogP contribution in [0.4, 0.5) is 15.0 Å². The maximum atomic E-state index is 13.2. The lowest BCUT2D eigenvalue weighted by Crippen LogP contribution is -2.51. The van der Waals surface area contributed by atoms with Gasteiger partial charge in [-0.2, -0.15) is 0 Å². The number of piperazine rings is 1. The fourth-order valence-electron chi connectivity index (χ4n) is 3.47. The number of halogens is 1. The molecule has 0 aliphatic carbocycles. The van der Waals surface area contributed by atoms with Gasteiger partial charge in [0.05, 0.1) is 12.8 Å². The summed E-state index contributed by atoms with van der Waals surface area (Å²) in [5, 5.41) is 2.97. The maximum Gasteiger partial charge on any atom is 0.317 e. The molecule has 0 bridgehead atoms. The van der Waals surface area contributed by atoms with Gasteiger partial charge in [-0.15, -0.1) is 0 Å². The second-order valence-electron chi connectivity index (χ2n) is 7.25. The number of hydrogen-bond acceptors (Lipinski definition) is 5. The summed E-state index contributed by atoms with van der Waals surface area (Å²) in [5.41, 5.74) is 2.59. The molecule has 0 unspecified atom stereocenters. The van der Waals surface area contributed by atoms with Crippen molar-refractivity contribution >= 4 is 11.8 Å². The lowest BCUT2D eigenvalue weighted by Gasteiger charge is -2.35. The zero-order chi connectivity index (χ0) is 21.6. The van der Waals surface area contributed by atoms with Gasteiger partial charge in [0.2, 0.25) is 0 Å². The highest BCUT2D eigenvalue weighted by molar-refractivity contribution is 5.74. The van der Waals surface area contributed by atoms with E-state index in [1.54, 1.807) is 19.2 Å². The monoisotopic (exact) mass is 421 g/mol. The van der Waals surface area contributed by atoms with Gasteiger partial charge in [0.1, 0.15) is 23.7 Å². The summed E-state index contributed by atoms with van der Waals surface area (Å²) in [6, 6.07) is 15.7. The van der Waals surface area contributed by atoms with E-state index in [0.29, 0.717) is 32.7 Å². The number of nitrogens with one attached hydrogen (secondary N) is 1. The number of carbonyl (C=O) groups is 1. The molecule has 8 heteroatoms. The summed E-state index contributed by atoms with van der Waals surface area (Å²) in [4.78, 5) is 25.1. The minimum absolute atomic E-state index is 0.0786. The average molecular weight is 421 g/mol. The van der Waals surface area contributed by atoms with E-state index in [1.165, 1.54) is 18.5 Å². The molecule has 160 valence electrons. The molecular weight excluding hydrogens is 397 g/mol. The second-order valence-corrected chi connectivity index (χ2v) is 7.25. The number of methoxy groups -OCH3 is 1. The van der Waals surface area contributed by atoms with E-state index in [2.05, 4.69) is 20.2 Å². The molecule has 0 atom stereocenters. The second kappa shape index (κ2) is 9.42. The molecule has 2 amide bonds.